The fourth-order valence-electron chi connectivity index (χ4n) is 2.26. The largest absolute Gasteiger partial charge is 0.491 e. The van der Waals surface area contributed by atoms with Crippen LogP contribution >= 0.6 is 0 Å². The van der Waals surface area contributed by atoms with E-state index in [1.165, 1.54) is 0 Å². The van der Waals surface area contributed by atoms with E-state index >= 15 is 0 Å². The van der Waals surface area contributed by atoms with E-state index in [1.54, 1.807) is 48.5 Å². The van der Waals surface area contributed by atoms with Crippen LogP contribution in [-0.2, 0) is 4.74 Å². The maximum Gasteiger partial charge on any atom is 0.255 e. The van der Waals surface area contributed by atoms with Gasteiger partial charge < -0.3 is 20.1 Å². The molecule has 138 valence electrons. The summed E-state index contributed by atoms with van der Waals surface area (Å²) in [5.41, 5.74) is 1.66. The highest BCUT2D eigenvalue weighted by molar-refractivity contribution is 6.04. The van der Waals surface area contributed by atoms with Crippen LogP contribution in [0.4, 0.5) is 5.69 Å². The lowest BCUT2D eigenvalue weighted by Crippen LogP contribution is -2.22. The van der Waals surface area contributed by atoms with Gasteiger partial charge in [-0.3, -0.25) is 9.59 Å². The maximum atomic E-state index is 12.4. The number of anilines is 1. The molecule has 0 radical (unpaired) electrons. The van der Waals surface area contributed by atoms with Crippen LogP contribution in [0, 0.1) is 0 Å². The first kappa shape index (κ1) is 19.5. The van der Waals surface area contributed by atoms with Crippen molar-refractivity contribution in [1.82, 2.24) is 5.32 Å². The average molecular weight is 356 g/mol. The third-order valence-electron chi connectivity index (χ3n) is 3.54. The van der Waals surface area contributed by atoms with Crippen LogP contribution in [0.25, 0.3) is 0 Å². The van der Waals surface area contributed by atoms with Gasteiger partial charge in [-0.1, -0.05) is 6.07 Å². The molecule has 0 saturated heterocycles. The van der Waals surface area contributed by atoms with Gasteiger partial charge in [0.05, 0.1) is 6.61 Å². The summed E-state index contributed by atoms with van der Waals surface area (Å²) in [6.45, 7) is 5.94. The van der Waals surface area contributed by atoms with E-state index in [2.05, 4.69) is 10.6 Å². The SMILES string of the molecule is CCNC(=O)c1ccc(NC(=O)c2cccc(OCCOCC)c2)cc1. The molecule has 2 aromatic carbocycles. The number of hydrogen-bond donors (Lipinski definition) is 2. The molecule has 26 heavy (non-hydrogen) atoms. The zero-order valence-corrected chi connectivity index (χ0v) is 15.1. The molecular weight excluding hydrogens is 332 g/mol. The zero-order chi connectivity index (χ0) is 18.8. The summed E-state index contributed by atoms with van der Waals surface area (Å²) in [6, 6.07) is 13.7. The van der Waals surface area contributed by atoms with Crippen LogP contribution < -0.4 is 15.4 Å². The Kier molecular flexibility index (Phi) is 7.64. The fraction of sp³-hybridized carbons (Fsp3) is 0.300. The Bertz CT molecular complexity index is 729. The molecule has 0 aromatic heterocycles. The highest BCUT2D eigenvalue weighted by Crippen LogP contribution is 2.16. The summed E-state index contributed by atoms with van der Waals surface area (Å²) in [7, 11) is 0. The Morgan fingerprint density at radius 3 is 2.38 bits per heavy atom. The molecule has 6 heteroatoms. The van der Waals surface area contributed by atoms with Gasteiger partial charge in [0.25, 0.3) is 11.8 Å². The summed E-state index contributed by atoms with van der Waals surface area (Å²) < 4.78 is 10.8. The van der Waals surface area contributed by atoms with Crippen molar-refractivity contribution in [2.75, 3.05) is 31.7 Å². The van der Waals surface area contributed by atoms with Crippen LogP contribution in [0.1, 0.15) is 34.6 Å². The molecule has 0 heterocycles. The second-order valence-electron chi connectivity index (χ2n) is 5.46. The van der Waals surface area contributed by atoms with E-state index in [0.717, 1.165) is 0 Å². The average Bonchev–Trinajstić information content (AvgIpc) is 2.66. The molecular formula is C20H24N2O4. The molecule has 2 N–H and O–H groups in total. The first-order valence-corrected chi connectivity index (χ1v) is 8.64. The Morgan fingerprint density at radius 1 is 0.923 bits per heavy atom. The minimum Gasteiger partial charge on any atom is -0.491 e. The van der Waals surface area contributed by atoms with Crippen molar-refractivity contribution in [3.63, 3.8) is 0 Å². The Balaban J connectivity index is 1.95. The van der Waals surface area contributed by atoms with Gasteiger partial charge in [0, 0.05) is 30.0 Å². The van der Waals surface area contributed by atoms with Gasteiger partial charge in [0.1, 0.15) is 12.4 Å². The normalized spacial score (nSPS) is 10.2. The van der Waals surface area contributed by atoms with Crippen molar-refractivity contribution in [2.24, 2.45) is 0 Å². The van der Waals surface area contributed by atoms with Crippen molar-refractivity contribution in [1.29, 1.82) is 0 Å². The smallest absolute Gasteiger partial charge is 0.255 e. The lowest BCUT2D eigenvalue weighted by atomic mass is 10.1. The summed E-state index contributed by atoms with van der Waals surface area (Å²) in [4.78, 5) is 24.1. The zero-order valence-electron chi connectivity index (χ0n) is 15.1. The first-order valence-electron chi connectivity index (χ1n) is 8.64. The highest BCUT2D eigenvalue weighted by atomic mass is 16.5. The first-order chi connectivity index (χ1) is 12.6. The number of carbonyl (C=O) groups excluding carboxylic acids is 2. The molecule has 0 fully saturated rings. The minimum atomic E-state index is -0.244. The molecule has 0 spiro atoms. The van der Waals surface area contributed by atoms with Crippen molar-refractivity contribution in [3.8, 4) is 5.75 Å². The standard InChI is InChI=1S/C20H24N2O4/c1-3-21-19(23)15-8-10-17(11-9-15)22-20(24)16-6-5-7-18(14-16)26-13-12-25-4-2/h5-11,14H,3-4,12-13H2,1-2H3,(H,21,23)(H,22,24). The summed E-state index contributed by atoms with van der Waals surface area (Å²) >= 11 is 0. The fourth-order valence-corrected chi connectivity index (χ4v) is 2.26. The van der Waals surface area contributed by atoms with E-state index in [4.69, 9.17) is 9.47 Å². The third-order valence-corrected chi connectivity index (χ3v) is 3.54. The molecule has 0 aliphatic carbocycles. The number of ether oxygens (including phenoxy) is 2. The van der Waals surface area contributed by atoms with E-state index in [0.29, 0.717) is 48.9 Å². The molecule has 6 nitrogen and oxygen atoms in total. The van der Waals surface area contributed by atoms with E-state index in [-0.39, 0.29) is 11.8 Å². The highest BCUT2D eigenvalue weighted by Gasteiger charge is 2.09. The lowest BCUT2D eigenvalue weighted by Gasteiger charge is -2.09. The molecule has 0 bridgehead atoms. The monoisotopic (exact) mass is 356 g/mol. The third kappa shape index (κ3) is 5.89. The molecule has 2 aromatic rings. The summed E-state index contributed by atoms with van der Waals surface area (Å²) in [6.07, 6.45) is 0. The van der Waals surface area contributed by atoms with Crippen LogP contribution in [0.2, 0.25) is 0 Å². The molecule has 0 aliphatic heterocycles. The van der Waals surface area contributed by atoms with Crippen molar-refractivity contribution in [2.45, 2.75) is 13.8 Å². The van der Waals surface area contributed by atoms with Crippen molar-refractivity contribution >= 4 is 17.5 Å². The van der Waals surface area contributed by atoms with Gasteiger partial charge in [-0.25, -0.2) is 0 Å². The van der Waals surface area contributed by atoms with Crippen molar-refractivity contribution in [3.05, 3.63) is 59.7 Å². The number of nitrogens with one attached hydrogen (secondary N) is 2. The van der Waals surface area contributed by atoms with Gasteiger partial charge in [-0.2, -0.15) is 0 Å². The molecule has 0 unspecified atom stereocenters. The number of hydrogen-bond acceptors (Lipinski definition) is 4. The second-order valence-corrected chi connectivity index (χ2v) is 5.46. The van der Waals surface area contributed by atoms with Gasteiger partial charge in [-0.05, 0) is 56.3 Å². The quantitative estimate of drug-likeness (QED) is 0.677. The van der Waals surface area contributed by atoms with Crippen LogP contribution in [0.15, 0.2) is 48.5 Å². The summed E-state index contributed by atoms with van der Waals surface area (Å²) in [5.74, 6) is 0.234. The van der Waals surface area contributed by atoms with E-state index < -0.39 is 0 Å². The van der Waals surface area contributed by atoms with Gasteiger partial charge in [0.15, 0.2) is 0 Å². The Hall–Kier alpha value is -2.86. The van der Waals surface area contributed by atoms with Gasteiger partial charge in [0.2, 0.25) is 0 Å². The summed E-state index contributed by atoms with van der Waals surface area (Å²) in [5, 5.41) is 5.54. The van der Waals surface area contributed by atoms with Gasteiger partial charge in [-0.15, -0.1) is 0 Å². The second kappa shape index (κ2) is 10.2. The van der Waals surface area contributed by atoms with Crippen molar-refractivity contribution < 1.29 is 19.1 Å². The van der Waals surface area contributed by atoms with Crippen LogP contribution in [0.3, 0.4) is 0 Å². The van der Waals surface area contributed by atoms with Gasteiger partial charge >= 0.3 is 0 Å². The molecule has 0 aliphatic rings. The Labute approximate surface area is 153 Å². The molecule has 0 saturated carbocycles. The topological polar surface area (TPSA) is 76.7 Å². The lowest BCUT2D eigenvalue weighted by molar-refractivity contribution is 0.0955. The van der Waals surface area contributed by atoms with E-state index in [9.17, 15) is 9.59 Å². The predicted molar refractivity (Wildman–Crippen MR) is 101 cm³/mol. The Morgan fingerprint density at radius 2 is 1.69 bits per heavy atom. The number of rotatable bonds is 9. The predicted octanol–water partition coefficient (Wildman–Crippen LogP) is 3.10. The number of benzene rings is 2. The number of amides is 2. The van der Waals surface area contributed by atoms with E-state index in [1.807, 2.05) is 13.8 Å². The minimum absolute atomic E-state index is 0.137. The van der Waals surface area contributed by atoms with Crippen LogP contribution in [-0.4, -0.2) is 38.2 Å². The molecule has 2 rings (SSSR count). The molecule has 2 amide bonds. The molecule has 0 atom stereocenters. The maximum absolute atomic E-state index is 12.4. The number of carbonyl (C=O) groups is 2. The van der Waals surface area contributed by atoms with Crippen LogP contribution in [0.5, 0.6) is 5.75 Å².